The predicted molar refractivity (Wildman–Crippen MR) is 59.2 cm³/mol. The first kappa shape index (κ1) is 11.8. The van der Waals surface area contributed by atoms with Gasteiger partial charge in [-0.15, -0.1) is 0 Å². The van der Waals surface area contributed by atoms with Crippen LogP contribution in [-0.2, 0) is 14.3 Å². The summed E-state index contributed by atoms with van der Waals surface area (Å²) in [6.45, 7) is 3.68. The van der Waals surface area contributed by atoms with E-state index in [1.165, 1.54) is 0 Å². The van der Waals surface area contributed by atoms with Crippen molar-refractivity contribution in [2.75, 3.05) is 40.0 Å². The first-order valence-corrected chi connectivity index (χ1v) is 5.92. The average molecular weight is 228 g/mol. The van der Waals surface area contributed by atoms with Crippen molar-refractivity contribution in [3.63, 3.8) is 0 Å². The minimum absolute atomic E-state index is 0.172. The standard InChI is InChI=1S/C11H20N2O3/c1-13(10-2-4-15-8-10)11(14)6-9-7-16-5-3-12-9/h9-10,12H,2-8H2,1H3. The number of likely N-dealkylation sites (N-methyl/N-ethyl adjacent to an activating group) is 1. The van der Waals surface area contributed by atoms with Crippen LogP contribution in [-0.4, -0.2) is 62.9 Å². The first-order valence-electron chi connectivity index (χ1n) is 5.92. The van der Waals surface area contributed by atoms with Crippen LogP contribution in [0, 0.1) is 0 Å². The zero-order valence-corrected chi connectivity index (χ0v) is 9.78. The van der Waals surface area contributed by atoms with Crippen molar-refractivity contribution in [3.8, 4) is 0 Å². The molecule has 92 valence electrons. The number of rotatable bonds is 3. The lowest BCUT2D eigenvalue weighted by Gasteiger charge is -2.28. The SMILES string of the molecule is CN(C(=O)CC1COCCN1)C1CCOC1. The Bertz CT molecular complexity index is 235. The molecule has 2 aliphatic rings. The topological polar surface area (TPSA) is 50.8 Å². The third kappa shape index (κ3) is 2.93. The summed E-state index contributed by atoms with van der Waals surface area (Å²) in [5.41, 5.74) is 0. The van der Waals surface area contributed by atoms with Crippen LogP contribution in [0.4, 0.5) is 0 Å². The second kappa shape index (κ2) is 5.61. The second-order valence-corrected chi connectivity index (χ2v) is 4.45. The van der Waals surface area contributed by atoms with Gasteiger partial charge in [-0.1, -0.05) is 0 Å². The molecule has 2 saturated heterocycles. The van der Waals surface area contributed by atoms with Gasteiger partial charge in [0.05, 0.1) is 25.9 Å². The Morgan fingerprint density at radius 1 is 1.38 bits per heavy atom. The van der Waals surface area contributed by atoms with E-state index in [9.17, 15) is 4.79 Å². The lowest BCUT2D eigenvalue weighted by Crippen LogP contribution is -2.46. The Morgan fingerprint density at radius 3 is 2.81 bits per heavy atom. The molecule has 2 fully saturated rings. The van der Waals surface area contributed by atoms with Crippen LogP contribution in [0.25, 0.3) is 0 Å². The van der Waals surface area contributed by atoms with Gasteiger partial charge in [0.15, 0.2) is 0 Å². The minimum atomic E-state index is 0.172. The van der Waals surface area contributed by atoms with E-state index in [2.05, 4.69) is 5.32 Å². The molecule has 0 radical (unpaired) electrons. The van der Waals surface area contributed by atoms with Crippen LogP contribution >= 0.6 is 0 Å². The average Bonchev–Trinajstić information content (AvgIpc) is 2.83. The molecular weight excluding hydrogens is 208 g/mol. The van der Waals surface area contributed by atoms with Crippen molar-refractivity contribution in [2.45, 2.75) is 24.9 Å². The lowest BCUT2D eigenvalue weighted by molar-refractivity contribution is -0.133. The van der Waals surface area contributed by atoms with Gasteiger partial charge in [0.2, 0.25) is 5.91 Å². The molecule has 1 N–H and O–H groups in total. The maximum absolute atomic E-state index is 12.0. The molecule has 1 amide bonds. The van der Waals surface area contributed by atoms with Crippen LogP contribution in [0.3, 0.4) is 0 Å². The molecule has 16 heavy (non-hydrogen) atoms. The molecule has 0 bridgehead atoms. The molecule has 5 heteroatoms. The zero-order valence-electron chi connectivity index (χ0n) is 9.78. The largest absolute Gasteiger partial charge is 0.379 e. The third-order valence-electron chi connectivity index (χ3n) is 3.27. The fourth-order valence-electron chi connectivity index (χ4n) is 2.14. The van der Waals surface area contributed by atoms with E-state index in [-0.39, 0.29) is 18.0 Å². The maximum atomic E-state index is 12.0. The van der Waals surface area contributed by atoms with Gasteiger partial charge >= 0.3 is 0 Å². The van der Waals surface area contributed by atoms with Gasteiger partial charge in [-0.2, -0.15) is 0 Å². The molecule has 0 aromatic rings. The Labute approximate surface area is 96.1 Å². The van der Waals surface area contributed by atoms with Crippen LogP contribution < -0.4 is 5.32 Å². The van der Waals surface area contributed by atoms with E-state index in [0.717, 1.165) is 26.2 Å². The smallest absolute Gasteiger partial charge is 0.224 e. The van der Waals surface area contributed by atoms with E-state index < -0.39 is 0 Å². The molecular formula is C11H20N2O3. The molecule has 2 unspecified atom stereocenters. The van der Waals surface area contributed by atoms with E-state index in [0.29, 0.717) is 19.6 Å². The normalized spacial score (nSPS) is 30.3. The van der Waals surface area contributed by atoms with Crippen molar-refractivity contribution < 1.29 is 14.3 Å². The molecule has 2 heterocycles. The molecule has 0 aromatic carbocycles. The molecule has 0 aliphatic carbocycles. The Kier molecular flexibility index (Phi) is 4.15. The highest BCUT2D eigenvalue weighted by Crippen LogP contribution is 2.12. The maximum Gasteiger partial charge on any atom is 0.224 e. The minimum Gasteiger partial charge on any atom is -0.379 e. The molecule has 5 nitrogen and oxygen atoms in total. The number of ether oxygens (including phenoxy) is 2. The quantitative estimate of drug-likeness (QED) is 0.715. The van der Waals surface area contributed by atoms with Gasteiger partial charge < -0.3 is 19.7 Å². The summed E-state index contributed by atoms with van der Waals surface area (Å²) in [7, 11) is 1.87. The molecule has 0 saturated carbocycles. The fraction of sp³-hybridized carbons (Fsp3) is 0.909. The van der Waals surface area contributed by atoms with Crippen LogP contribution in [0.5, 0.6) is 0 Å². The van der Waals surface area contributed by atoms with Crippen LogP contribution in [0.2, 0.25) is 0 Å². The highest BCUT2D eigenvalue weighted by molar-refractivity contribution is 5.77. The van der Waals surface area contributed by atoms with E-state index in [4.69, 9.17) is 9.47 Å². The highest BCUT2D eigenvalue weighted by atomic mass is 16.5. The molecule has 2 atom stereocenters. The summed E-state index contributed by atoms with van der Waals surface area (Å²) in [6, 6.07) is 0.433. The van der Waals surface area contributed by atoms with Gasteiger partial charge in [-0.3, -0.25) is 4.79 Å². The number of nitrogens with zero attached hydrogens (tertiary/aromatic N) is 1. The lowest BCUT2D eigenvalue weighted by atomic mass is 10.1. The van der Waals surface area contributed by atoms with E-state index in [1.807, 2.05) is 11.9 Å². The first-order chi connectivity index (χ1) is 7.77. The second-order valence-electron chi connectivity index (χ2n) is 4.45. The van der Waals surface area contributed by atoms with Gasteiger partial charge in [0.25, 0.3) is 0 Å². The van der Waals surface area contributed by atoms with Crippen molar-refractivity contribution >= 4 is 5.91 Å². The van der Waals surface area contributed by atoms with Crippen molar-refractivity contribution in [2.24, 2.45) is 0 Å². The number of amides is 1. The molecule has 2 aliphatic heterocycles. The molecule has 2 rings (SSSR count). The Balaban J connectivity index is 1.77. The van der Waals surface area contributed by atoms with E-state index in [1.54, 1.807) is 0 Å². The Morgan fingerprint density at radius 2 is 2.19 bits per heavy atom. The number of hydrogen-bond donors (Lipinski definition) is 1. The van der Waals surface area contributed by atoms with Crippen LogP contribution in [0.1, 0.15) is 12.8 Å². The number of carbonyl (C=O) groups is 1. The van der Waals surface area contributed by atoms with Gasteiger partial charge in [0, 0.05) is 32.7 Å². The van der Waals surface area contributed by atoms with Crippen molar-refractivity contribution in [1.82, 2.24) is 10.2 Å². The molecule has 0 aromatic heterocycles. The fourth-order valence-corrected chi connectivity index (χ4v) is 2.14. The summed E-state index contributed by atoms with van der Waals surface area (Å²) in [4.78, 5) is 13.8. The highest BCUT2D eigenvalue weighted by Gasteiger charge is 2.26. The van der Waals surface area contributed by atoms with Crippen molar-refractivity contribution in [3.05, 3.63) is 0 Å². The van der Waals surface area contributed by atoms with Gasteiger partial charge in [-0.25, -0.2) is 0 Å². The van der Waals surface area contributed by atoms with E-state index >= 15 is 0 Å². The monoisotopic (exact) mass is 228 g/mol. The van der Waals surface area contributed by atoms with Gasteiger partial charge in [0.1, 0.15) is 0 Å². The number of nitrogens with one attached hydrogen (secondary N) is 1. The van der Waals surface area contributed by atoms with Gasteiger partial charge in [-0.05, 0) is 6.42 Å². The molecule has 0 spiro atoms. The zero-order chi connectivity index (χ0) is 11.4. The summed E-state index contributed by atoms with van der Waals surface area (Å²) < 4.78 is 10.6. The van der Waals surface area contributed by atoms with Crippen LogP contribution in [0.15, 0.2) is 0 Å². The summed E-state index contributed by atoms with van der Waals surface area (Å²) in [6.07, 6.45) is 1.48. The number of hydrogen-bond acceptors (Lipinski definition) is 4. The van der Waals surface area contributed by atoms with Crippen molar-refractivity contribution in [1.29, 1.82) is 0 Å². The number of carbonyl (C=O) groups excluding carboxylic acids is 1. The Hall–Kier alpha value is -0.650. The third-order valence-corrected chi connectivity index (χ3v) is 3.27. The summed E-state index contributed by atoms with van der Waals surface area (Å²) in [5.74, 6) is 0.179. The summed E-state index contributed by atoms with van der Waals surface area (Å²) >= 11 is 0. The number of morpholine rings is 1. The predicted octanol–water partition coefficient (Wildman–Crippen LogP) is -0.388. The summed E-state index contributed by atoms with van der Waals surface area (Å²) in [5, 5.41) is 3.29.